The maximum atomic E-state index is 13.0. The monoisotopic (exact) mass is 562 g/mol. The van der Waals surface area contributed by atoms with E-state index in [-0.39, 0.29) is 7.43 Å². The van der Waals surface area contributed by atoms with Crippen LogP contribution in [0.4, 0.5) is 10.2 Å². The zero-order valence-electron chi connectivity index (χ0n) is 24.2. The molecule has 0 unspecified atom stereocenters. The highest BCUT2D eigenvalue weighted by Gasteiger charge is 2.15. The number of alkyl halides is 1. The molecule has 41 heavy (non-hydrogen) atoms. The molecule has 0 bridgehead atoms. The number of nitrogens with two attached hydrogens (primary N) is 1. The van der Waals surface area contributed by atoms with Crippen molar-refractivity contribution >= 4 is 16.7 Å². The number of aromatic amines is 1. The van der Waals surface area contributed by atoms with Gasteiger partial charge in [0, 0.05) is 42.8 Å². The van der Waals surface area contributed by atoms with E-state index in [1.54, 1.807) is 13.3 Å². The Morgan fingerprint density at radius 2 is 1.80 bits per heavy atom. The first kappa shape index (κ1) is 35.1. The summed E-state index contributed by atoms with van der Waals surface area (Å²) in [5.74, 6) is 1.63. The van der Waals surface area contributed by atoms with Crippen molar-refractivity contribution in [3.63, 3.8) is 0 Å². The summed E-state index contributed by atoms with van der Waals surface area (Å²) in [7, 11) is 3.50. The molecule has 0 radical (unpaired) electrons. The Bertz CT molecular complexity index is 1290. The average molecular weight is 563 g/mol. The summed E-state index contributed by atoms with van der Waals surface area (Å²) < 4.78 is 18.3. The smallest absolute Gasteiger partial charge is 0.126 e. The Balaban J connectivity index is 0.000000360. The standard InChI is InChI=1S/C14H20FNO.C14H15N5.C2H6.C2H2.CH4/c1-17-14-7-5-6-12(10-15)13(14)11-16-8-3-2-4-9-16;1-16-13-7-10(4-5-17-13)14-11-6-9(8-15)2-3-12(11)18-19-14;2*1-2;/h5-7H,2-4,8-11H2,1H3;2-7H,8,15H2,1H3,(H,16,17)(H,18,19);1-2H3;1-2H;1H4. The van der Waals surface area contributed by atoms with Crippen molar-refractivity contribution in [2.24, 2.45) is 5.73 Å². The molecule has 4 N–H and O–H groups in total. The number of rotatable bonds is 7. The molecule has 0 atom stereocenters. The lowest BCUT2D eigenvalue weighted by Gasteiger charge is -2.27. The maximum Gasteiger partial charge on any atom is 0.126 e. The Morgan fingerprint density at radius 3 is 2.44 bits per heavy atom. The van der Waals surface area contributed by atoms with Crippen molar-refractivity contribution in [1.82, 2.24) is 20.1 Å². The van der Waals surface area contributed by atoms with Crippen molar-refractivity contribution in [3.05, 3.63) is 71.4 Å². The van der Waals surface area contributed by atoms with Crippen LogP contribution in [-0.2, 0) is 19.8 Å². The lowest BCUT2D eigenvalue weighted by Crippen LogP contribution is -2.29. The van der Waals surface area contributed by atoms with E-state index in [0.717, 1.165) is 70.1 Å². The fourth-order valence-corrected chi connectivity index (χ4v) is 4.57. The van der Waals surface area contributed by atoms with E-state index in [4.69, 9.17) is 10.5 Å². The Kier molecular flexibility index (Phi) is 16.4. The molecule has 8 heteroatoms. The Hall–Kier alpha value is -3.93. The lowest BCUT2D eigenvalue weighted by molar-refractivity contribution is 0.217. The number of halogens is 1. The van der Waals surface area contributed by atoms with Gasteiger partial charge >= 0.3 is 0 Å². The molecule has 1 saturated heterocycles. The van der Waals surface area contributed by atoms with Crippen LogP contribution in [0, 0.1) is 12.8 Å². The van der Waals surface area contributed by atoms with Crippen LogP contribution in [0.25, 0.3) is 22.2 Å². The predicted octanol–water partition coefficient (Wildman–Crippen LogP) is 7.19. The van der Waals surface area contributed by atoms with Crippen LogP contribution in [0.3, 0.4) is 0 Å². The number of nitrogens with one attached hydrogen (secondary N) is 2. The van der Waals surface area contributed by atoms with Crippen LogP contribution in [0.1, 0.15) is 57.2 Å². The van der Waals surface area contributed by atoms with Crippen molar-refractivity contribution in [1.29, 1.82) is 0 Å². The first-order valence-corrected chi connectivity index (χ1v) is 13.7. The van der Waals surface area contributed by atoms with Crippen LogP contribution in [-0.4, -0.2) is 47.3 Å². The number of piperidine rings is 1. The molecular formula is C33H47FN6O. The zero-order chi connectivity index (χ0) is 29.3. The number of terminal acetylenes is 1. The highest BCUT2D eigenvalue weighted by atomic mass is 19.1. The van der Waals surface area contributed by atoms with Gasteiger partial charge in [0.05, 0.1) is 12.6 Å². The first-order valence-electron chi connectivity index (χ1n) is 13.7. The molecule has 222 valence electrons. The van der Waals surface area contributed by atoms with Crippen LogP contribution < -0.4 is 15.8 Å². The number of anilines is 1. The lowest BCUT2D eigenvalue weighted by atomic mass is 10.0. The third kappa shape index (κ3) is 9.59. The minimum Gasteiger partial charge on any atom is -0.496 e. The molecule has 1 aliphatic rings. The van der Waals surface area contributed by atoms with E-state index in [1.165, 1.54) is 19.3 Å². The SMILES string of the molecule is C.C#C.CC.CNc1cc(-c2n[nH]c3ccc(CN)cc23)ccn1.COc1cccc(CF)c1CN1CCCCC1. The molecule has 3 heterocycles. The number of hydrogen-bond donors (Lipinski definition) is 3. The summed E-state index contributed by atoms with van der Waals surface area (Å²) in [6, 6.07) is 15.6. The fourth-order valence-electron chi connectivity index (χ4n) is 4.57. The zero-order valence-corrected chi connectivity index (χ0v) is 24.2. The average Bonchev–Trinajstić information content (AvgIpc) is 3.47. The molecule has 2 aromatic carbocycles. The van der Waals surface area contributed by atoms with Gasteiger partial charge in [0.2, 0.25) is 0 Å². The number of likely N-dealkylation sites (tertiary alicyclic amines) is 1. The Labute approximate surface area is 245 Å². The molecule has 5 rings (SSSR count). The van der Waals surface area contributed by atoms with E-state index < -0.39 is 6.67 Å². The van der Waals surface area contributed by atoms with E-state index in [2.05, 4.69) is 44.3 Å². The van der Waals surface area contributed by atoms with Gasteiger partial charge in [-0.05, 0) is 67.4 Å². The second-order valence-electron chi connectivity index (χ2n) is 8.90. The molecule has 0 saturated carbocycles. The van der Waals surface area contributed by atoms with E-state index in [1.807, 2.05) is 63.4 Å². The molecule has 0 spiro atoms. The molecule has 1 aliphatic heterocycles. The van der Waals surface area contributed by atoms with E-state index in [9.17, 15) is 4.39 Å². The van der Waals surface area contributed by atoms with Crippen molar-refractivity contribution in [2.45, 2.75) is 60.3 Å². The fraction of sp³-hybridized carbons (Fsp3) is 0.394. The number of pyridine rings is 1. The van der Waals surface area contributed by atoms with E-state index >= 15 is 0 Å². The van der Waals surface area contributed by atoms with Crippen LogP contribution in [0.2, 0.25) is 0 Å². The predicted molar refractivity (Wildman–Crippen MR) is 172 cm³/mol. The number of fused-ring (bicyclic) bond motifs is 1. The third-order valence-electron chi connectivity index (χ3n) is 6.58. The number of hydrogen-bond acceptors (Lipinski definition) is 6. The van der Waals surface area contributed by atoms with E-state index in [0.29, 0.717) is 6.54 Å². The minimum absolute atomic E-state index is 0. The van der Waals surface area contributed by atoms with Gasteiger partial charge in [-0.1, -0.05) is 45.9 Å². The summed E-state index contributed by atoms with van der Waals surface area (Å²) >= 11 is 0. The summed E-state index contributed by atoms with van der Waals surface area (Å²) in [6.45, 7) is 7.15. The molecule has 0 aliphatic carbocycles. The minimum atomic E-state index is -0.416. The highest BCUT2D eigenvalue weighted by molar-refractivity contribution is 5.93. The number of nitrogens with zero attached hydrogens (tertiary/aromatic N) is 3. The second-order valence-corrected chi connectivity index (χ2v) is 8.90. The number of H-pyrrole nitrogens is 1. The van der Waals surface area contributed by atoms with Crippen LogP contribution in [0.5, 0.6) is 5.75 Å². The van der Waals surface area contributed by atoms with Crippen LogP contribution in [0.15, 0.2) is 54.7 Å². The second kappa shape index (κ2) is 19.2. The van der Waals surface area contributed by atoms with Gasteiger partial charge in [-0.15, -0.1) is 12.8 Å². The Morgan fingerprint density at radius 1 is 1.07 bits per heavy atom. The molecule has 2 aromatic heterocycles. The number of aromatic nitrogens is 3. The highest BCUT2D eigenvalue weighted by Crippen LogP contribution is 2.28. The summed E-state index contributed by atoms with van der Waals surface area (Å²) in [5.41, 5.74) is 11.5. The normalized spacial score (nSPS) is 12.3. The summed E-state index contributed by atoms with van der Waals surface area (Å²) in [4.78, 5) is 6.60. The first-order chi connectivity index (χ1) is 19.7. The summed E-state index contributed by atoms with van der Waals surface area (Å²) in [5, 5.41) is 11.5. The molecule has 7 nitrogen and oxygen atoms in total. The number of methoxy groups -OCH3 is 1. The largest absolute Gasteiger partial charge is 0.496 e. The van der Waals surface area contributed by atoms with Gasteiger partial charge in [0.25, 0.3) is 0 Å². The third-order valence-corrected chi connectivity index (χ3v) is 6.58. The molecule has 4 aromatic rings. The van der Waals surface area contributed by atoms with Crippen molar-refractivity contribution < 1.29 is 9.13 Å². The van der Waals surface area contributed by atoms with Gasteiger partial charge in [-0.3, -0.25) is 10.00 Å². The molecule has 1 fully saturated rings. The molecule has 0 amide bonds. The van der Waals surface area contributed by atoms with Crippen molar-refractivity contribution in [2.75, 3.05) is 32.6 Å². The maximum absolute atomic E-state index is 13.0. The summed E-state index contributed by atoms with van der Waals surface area (Å²) in [6.07, 6.45) is 13.6. The van der Waals surface area contributed by atoms with Gasteiger partial charge in [-0.25, -0.2) is 9.37 Å². The topological polar surface area (TPSA) is 92.1 Å². The molecular weight excluding hydrogens is 515 g/mol. The van der Waals surface area contributed by atoms with Gasteiger partial charge in [-0.2, -0.15) is 5.10 Å². The van der Waals surface area contributed by atoms with Crippen LogP contribution >= 0.6 is 0 Å². The van der Waals surface area contributed by atoms with Gasteiger partial charge < -0.3 is 15.8 Å². The van der Waals surface area contributed by atoms with Gasteiger partial charge in [0.15, 0.2) is 0 Å². The van der Waals surface area contributed by atoms with Crippen molar-refractivity contribution in [3.8, 4) is 29.9 Å². The quantitative estimate of drug-likeness (QED) is 0.207. The number of benzene rings is 2. The number of ether oxygens (including phenoxy) is 1. The van der Waals surface area contributed by atoms with Gasteiger partial charge in [0.1, 0.15) is 23.9 Å².